The average Bonchev–Trinajstić information content (AvgIpc) is 2.00. The summed E-state index contributed by atoms with van der Waals surface area (Å²) in [6, 6.07) is -3.06. The monoisotopic (exact) mass is 230 g/mol. The van der Waals surface area contributed by atoms with Gasteiger partial charge in [-0.2, -0.15) is 26.3 Å². The van der Waals surface area contributed by atoms with Crippen molar-refractivity contribution in [3.63, 3.8) is 0 Å². The second kappa shape index (κ2) is 4.47. The Morgan fingerprint density at radius 3 is 1.71 bits per heavy atom. The molecule has 9 heteroatoms. The molecule has 0 saturated carbocycles. The van der Waals surface area contributed by atoms with E-state index in [0.717, 1.165) is 0 Å². The molecule has 84 valence electrons. The van der Waals surface area contributed by atoms with Gasteiger partial charge in [-0.15, -0.1) is 0 Å². The van der Waals surface area contributed by atoms with Crippen LogP contribution in [0, 0.1) is 0 Å². The highest BCUT2D eigenvalue weighted by Gasteiger charge is 2.40. The lowest BCUT2D eigenvalue weighted by molar-refractivity contribution is -0.142. The zero-order chi connectivity index (χ0) is 11.5. The summed E-state index contributed by atoms with van der Waals surface area (Å²) in [6.07, 6.45) is -13.3. The molecule has 0 spiro atoms. The van der Waals surface area contributed by atoms with Crippen LogP contribution in [-0.2, 0) is 4.74 Å². The third-order valence-corrected chi connectivity index (χ3v) is 0.836. The van der Waals surface area contributed by atoms with Crippen molar-refractivity contribution < 1.29 is 39.9 Å². The minimum absolute atomic E-state index is 2.70. The molecule has 0 saturated heterocycles. The zero-order valence-electron chi connectivity index (χ0n) is 6.09. The lowest BCUT2D eigenvalue weighted by atomic mass is 10.5. The van der Waals surface area contributed by atoms with Crippen LogP contribution >= 0.6 is 0 Å². The van der Waals surface area contributed by atoms with Gasteiger partial charge in [0.25, 0.3) is 5.83 Å². The van der Waals surface area contributed by atoms with Gasteiger partial charge in [0, 0.05) is 0 Å². The standard InChI is InChI=1S/C5H2F8O/c6-1(5(11,12)13)3(9)14-4(10)2(7)8/h2,4H. The summed E-state index contributed by atoms with van der Waals surface area (Å²) < 4.78 is 94.5. The Hall–Kier alpha value is -1.02. The van der Waals surface area contributed by atoms with Crippen LogP contribution in [0.1, 0.15) is 0 Å². The van der Waals surface area contributed by atoms with Gasteiger partial charge in [-0.25, -0.2) is 8.78 Å². The Morgan fingerprint density at radius 1 is 1.00 bits per heavy atom. The third-order valence-electron chi connectivity index (χ3n) is 0.836. The van der Waals surface area contributed by atoms with Crippen molar-refractivity contribution in [1.29, 1.82) is 0 Å². The molecule has 0 aliphatic rings. The van der Waals surface area contributed by atoms with E-state index in [1.807, 2.05) is 0 Å². The van der Waals surface area contributed by atoms with E-state index in [4.69, 9.17) is 0 Å². The van der Waals surface area contributed by atoms with E-state index in [-0.39, 0.29) is 0 Å². The van der Waals surface area contributed by atoms with E-state index in [0.29, 0.717) is 0 Å². The van der Waals surface area contributed by atoms with Crippen molar-refractivity contribution in [2.75, 3.05) is 0 Å². The van der Waals surface area contributed by atoms with Gasteiger partial charge in [-0.3, -0.25) is 0 Å². The van der Waals surface area contributed by atoms with E-state index in [1.165, 1.54) is 0 Å². The number of halogens is 8. The van der Waals surface area contributed by atoms with Crippen LogP contribution in [0.5, 0.6) is 0 Å². The highest BCUT2D eigenvalue weighted by molar-refractivity contribution is 5.00. The van der Waals surface area contributed by atoms with Gasteiger partial charge < -0.3 is 4.74 Å². The van der Waals surface area contributed by atoms with Crippen molar-refractivity contribution in [2.24, 2.45) is 0 Å². The molecule has 1 atom stereocenters. The zero-order valence-corrected chi connectivity index (χ0v) is 6.09. The Kier molecular flexibility index (Phi) is 4.14. The normalized spacial score (nSPS) is 16.6. The van der Waals surface area contributed by atoms with E-state index < -0.39 is 30.8 Å². The first-order chi connectivity index (χ1) is 6.16. The van der Waals surface area contributed by atoms with E-state index in [2.05, 4.69) is 4.74 Å². The smallest absolute Gasteiger partial charge is 0.428 e. The number of hydrogen-bond acceptors (Lipinski definition) is 1. The average molecular weight is 230 g/mol. The molecule has 1 unspecified atom stereocenters. The van der Waals surface area contributed by atoms with Gasteiger partial charge in [0.2, 0.25) is 0 Å². The maximum Gasteiger partial charge on any atom is 0.449 e. The lowest BCUT2D eigenvalue weighted by Crippen LogP contribution is -2.18. The SMILES string of the molecule is FC(OC(F)C(F)F)=C(F)C(F)(F)F. The quantitative estimate of drug-likeness (QED) is 0.534. The van der Waals surface area contributed by atoms with Crippen molar-refractivity contribution in [1.82, 2.24) is 0 Å². The van der Waals surface area contributed by atoms with Crippen LogP contribution in [0.4, 0.5) is 35.1 Å². The van der Waals surface area contributed by atoms with Crippen LogP contribution < -0.4 is 0 Å². The van der Waals surface area contributed by atoms with Crippen LogP contribution in [-0.4, -0.2) is 19.0 Å². The summed E-state index contributed by atoms with van der Waals surface area (Å²) in [5.41, 5.74) is 0. The molecule has 0 aromatic carbocycles. The topological polar surface area (TPSA) is 9.23 Å². The van der Waals surface area contributed by atoms with Gasteiger partial charge in [-0.1, -0.05) is 0 Å². The van der Waals surface area contributed by atoms with Crippen molar-refractivity contribution in [2.45, 2.75) is 19.0 Å². The molecule has 0 fully saturated rings. The largest absolute Gasteiger partial charge is 0.449 e. The molecule has 0 aromatic heterocycles. The summed E-state index contributed by atoms with van der Waals surface area (Å²) in [7, 11) is 0. The van der Waals surface area contributed by atoms with Gasteiger partial charge in [0.05, 0.1) is 0 Å². The molecule has 0 bridgehead atoms. The number of hydrogen-bond donors (Lipinski definition) is 0. The minimum atomic E-state index is -5.74. The van der Waals surface area contributed by atoms with Gasteiger partial charge >= 0.3 is 25.0 Å². The number of ether oxygens (including phenoxy) is 1. The van der Waals surface area contributed by atoms with Crippen LogP contribution in [0.25, 0.3) is 0 Å². The fourth-order valence-corrected chi connectivity index (χ4v) is 0.313. The van der Waals surface area contributed by atoms with Crippen LogP contribution in [0.2, 0.25) is 0 Å². The Bertz CT molecular complexity index is 218. The lowest BCUT2D eigenvalue weighted by Gasteiger charge is -2.09. The molecule has 1 nitrogen and oxygen atoms in total. The summed E-state index contributed by atoms with van der Waals surface area (Å²) in [4.78, 5) is 0. The molecule has 0 amide bonds. The molecule has 0 N–H and O–H groups in total. The van der Waals surface area contributed by atoms with Crippen LogP contribution in [0.15, 0.2) is 11.8 Å². The molecule has 0 rings (SSSR count). The number of rotatable bonds is 3. The molecule has 0 radical (unpaired) electrons. The highest BCUT2D eigenvalue weighted by atomic mass is 19.4. The van der Waals surface area contributed by atoms with Crippen molar-refractivity contribution in [3.8, 4) is 0 Å². The fourth-order valence-electron chi connectivity index (χ4n) is 0.313. The summed E-state index contributed by atoms with van der Waals surface area (Å²) in [5.74, 6) is -3.40. The van der Waals surface area contributed by atoms with E-state index in [9.17, 15) is 35.1 Å². The maximum absolute atomic E-state index is 11.9. The first kappa shape index (κ1) is 13.0. The molecule has 14 heavy (non-hydrogen) atoms. The maximum atomic E-state index is 11.9. The molecule has 0 heterocycles. The summed E-state index contributed by atoms with van der Waals surface area (Å²) in [6.45, 7) is 0. The summed E-state index contributed by atoms with van der Waals surface area (Å²) >= 11 is 0. The number of alkyl halides is 6. The molecule has 0 aliphatic carbocycles. The van der Waals surface area contributed by atoms with Gasteiger partial charge in [0.15, 0.2) is 0 Å². The molecule has 0 aliphatic heterocycles. The number of allylic oxidation sites excluding steroid dienone is 1. The Morgan fingerprint density at radius 2 is 1.43 bits per heavy atom. The Labute approximate surface area is 71.9 Å². The second-order valence-corrected chi connectivity index (χ2v) is 1.89. The van der Waals surface area contributed by atoms with Crippen molar-refractivity contribution in [3.05, 3.63) is 11.8 Å². The van der Waals surface area contributed by atoms with E-state index in [1.54, 1.807) is 0 Å². The first-order valence-corrected chi connectivity index (χ1v) is 2.87. The van der Waals surface area contributed by atoms with Gasteiger partial charge in [0.1, 0.15) is 0 Å². The second-order valence-electron chi connectivity index (χ2n) is 1.89. The van der Waals surface area contributed by atoms with Crippen LogP contribution in [0.3, 0.4) is 0 Å². The van der Waals surface area contributed by atoms with E-state index >= 15 is 0 Å². The molecular formula is C5H2F8O. The predicted molar refractivity (Wildman–Crippen MR) is 27.3 cm³/mol. The highest BCUT2D eigenvalue weighted by Crippen LogP contribution is 2.31. The predicted octanol–water partition coefficient (Wildman–Crippen LogP) is 3.23. The molecule has 0 aromatic rings. The van der Waals surface area contributed by atoms with Crippen molar-refractivity contribution >= 4 is 0 Å². The first-order valence-electron chi connectivity index (χ1n) is 2.87. The third kappa shape index (κ3) is 3.79. The minimum Gasteiger partial charge on any atom is -0.428 e. The Balaban J connectivity index is 4.54. The summed E-state index contributed by atoms with van der Waals surface area (Å²) in [5, 5.41) is 0. The molecular weight excluding hydrogens is 228 g/mol. The fraction of sp³-hybridized carbons (Fsp3) is 0.600. The van der Waals surface area contributed by atoms with Gasteiger partial charge in [-0.05, 0) is 0 Å².